The van der Waals surface area contributed by atoms with Crippen molar-refractivity contribution >= 4 is 16.6 Å². The number of hydrogen-bond acceptors (Lipinski definition) is 2. The summed E-state index contributed by atoms with van der Waals surface area (Å²) in [5.41, 5.74) is 2.80. The number of fused-ring (bicyclic) bond motifs is 1. The Morgan fingerprint density at radius 3 is 2.63 bits per heavy atom. The summed E-state index contributed by atoms with van der Waals surface area (Å²) >= 11 is 0. The van der Waals surface area contributed by atoms with E-state index in [9.17, 15) is 0 Å². The van der Waals surface area contributed by atoms with Crippen molar-refractivity contribution < 1.29 is 0 Å². The molecule has 0 bridgehead atoms. The maximum atomic E-state index is 4.51. The van der Waals surface area contributed by atoms with Crippen LogP contribution in [0.3, 0.4) is 0 Å². The number of para-hydroxylation sites is 1. The summed E-state index contributed by atoms with van der Waals surface area (Å²) in [6, 6.07) is 11.1. The molecule has 2 nitrogen and oxygen atoms in total. The molecule has 1 saturated carbocycles. The second-order valence-electron chi connectivity index (χ2n) is 6.46. The van der Waals surface area contributed by atoms with Gasteiger partial charge in [0, 0.05) is 17.6 Å². The highest BCUT2D eigenvalue weighted by Gasteiger charge is 2.26. The van der Waals surface area contributed by atoms with Gasteiger partial charge >= 0.3 is 0 Å². The molecule has 0 unspecified atom stereocenters. The summed E-state index contributed by atoms with van der Waals surface area (Å²) in [5.74, 6) is 0. The van der Waals surface area contributed by atoms with Gasteiger partial charge in [0.05, 0.1) is 11.2 Å². The van der Waals surface area contributed by atoms with E-state index in [1.165, 1.54) is 36.8 Å². The Kier molecular flexibility index (Phi) is 3.17. The van der Waals surface area contributed by atoms with Gasteiger partial charge in [-0.1, -0.05) is 32.0 Å². The van der Waals surface area contributed by atoms with Gasteiger partial charge in [-0.3, -0.25) is 4.98 Å². The molecule has 0 aliphatic heterocycles. The Bertz CT molecular complexity index is 559. The Morgan fingerprint density at radius 1 is 1.11 bits per heavy atom. The van der Waals surface area contributed by atoms with Gasteiger partial charge in [0.2, 0.25) is 0 Å². The maximum absolute atomic E-state index is 4.51. The SMILES string of the molecule is CC1(C)CCC(Nc2cccc3cccnc23)CC1. The van der Waals surface area contributed by atoms with Gasteiger partial charge in [-0.15, -0.1) is 0 Å². The Labute approximate surface area is 115 Å². The van der Waals surface area contributed by atoms with E-state index in [4.69, 9.17) is 0 Å². The van der Waals surface area contributed by atoms with Crippen LogP contribution in [0.4, 0.5) is 5.69 Å². The summed E-state index contributed by atoms with van der Waals surface area (Å²) in [4.78, 5) is 4.51. The van der Waals surface area contributed by atoms with Crippen LogP contribution in [0.2, 0.25) is 0 Å². The molecule has 0 amide bonds. The summed E-state index contributed by atoms with van der Waals surface area (Å²) in [5, 5.41) is 4.91. The lowest BCUT2D eigenvalue weighted by molar-refractivity contribution is 0.232. The smallest absolute Gasteiger partial charge is 0.0933 e. The van der Waals surface area contributed by atoms with Gasteiger partial charge in [-0.25, -0.2) is 0 Å². The number of rotatable bonds is 2. The fraction of sp³-hybridized carbons (Fsp3) is 0.471. The first-order valence-electron chi connectivity index (χ1n) is 7.24. The molecule has 19 heavy (non-hydrogen) atoms. The number of hydrogen-bond donors (Lipinski definition) is 1. The summed E-state index contributed by atoms with van der Waals surface area (Å²) in [7, 11) is 0. The largest absolute Gasteiger partial charge is 0.381 e. The molecule has 1 aromatic heterocycles. The molecule has 1 aromatic carbocycles. The third-order valence-electron chi connectivity index (χ3n) is 4.33. The third-order valence-corrected chi connectivity index (χ3v) is 4.33. The van der Waals surface area contributed by atoms with Crippen LogP contribution in [0.15, 0.2) is 36.5 Å². The molecule has 1 N–H and O–H groups in total. The number of nitrogens with one attached hydrogen (secondary N) is 1. The Hall–Kier alpha value is -1.57. The van der Waals surface area contributed by atoms with Gasteiger partial charge in [0.1, 0.15) is 0 Å². The standard InChI is InChI=1S/C17H22N2/c1-17(2)10-8-14(9-11-17)19-15-7-3-5-13-6-4-12-18-16(13)15/h3-7,12,14,19H,8-11H2,1-2H3. The van der Waals surface area contributed by atoms with Crippen molar-refractivity contribution in [3.63, 3.8) is 0 Å². The highest BCUT2D eigenvalue weighted by atomic mass is 14.9. The van der Waals surface area contributed by atoms with Gasteiger partial charge in [-0.2, -0.15) is 0 Å². The number of aromatic nitrogens is 1. The van der Waals surface area contributed by atoms with Crippen LogP contribution in [0.25, 0.3) is 10.9 Å². The number of pyridine rings is 1. The number of benzene rings is 1. The fourth-order valence-corrected chi connectivity index (χ4v) is 2.98. The molecule has 1 fully saturated rings. The van der Waals surface area contributed by atoms with Crippen LogP contribution in [0.1, 0.15) is 39.5 Å². The van der Waals surface area contributed by atoms with Gasteiger partial charge in [-0.05, 0) is 43.2 Å². The van der Waals surface area contributed by atoms with Crippen LogP contribution in [-0.4, -0.2) is 11.0 Å². The van der Waals surface area contributed by atoms with Crippen molar-refractivity contribution in [2.75, 3.05) is 5.32 Å². The van der Waals surface area contributed by atoms with Crippen LogP contribution < -0.4 is 5.32 Å². The minimum atomic E-state index is 0.523. The Morgan fingerprint density at radius 2 is 1.84 bits per heavy atom. The molecule has 3 rings (SSSR count). The molecule has 0 atom stereocenters. The first-order chi connectivity index (χ1) is 9.14. The predicted octanol–water partition coefficient (Wildman–Crippen LogP) is 4.62. The molecule has 0 saturated heterocycles. The van der Waals surface area contributed by atoms with Crippen LogP contribution in [0, 0.1) is 5.41 Å². The maximum Gasteiger partial charge on any atom is 0.0933 e. The minimum Gasteiger partial charge on any atom is -0.381 e. The molecule has 2 aromatic rings. The van der Waals surface area contributed by atoms with Crippen molar-refractivity contribution in [1.29, 1.82) is 0 Å². The van der Waals surface area contributed by atoms with Crippen LogP contribution >= 0.6 is 0 Å². The summed E-state index contributed by atoms with van der Waals surface area (Å²) in [6.45, 7) is 4.76. The molecule has 1 aliphatic rings. The average Bonchev–Trinajstić information content (AvgIpc) is 2.42. The van der Waals surface area contributed by atoms with Crippen molar-refractivity contribution in [2.24, 2.45) is 5.41 Å². The van der Waals surface area contributed by atoms with E-state index in [1.807, 2.05) is 12.3 Å². The van der Waals surface area contributed by atoms with E-state index in [2.05, 4.69) is 48.4 Å². The minimum absolute atomic E-state index is 0.523. The zero-order valence-electron chi connectivity index (χ0n) is 11.8. The van der Waals surface area contributed by atoms with E-state index in [-0.39, 0.29) is 0 Å². The molecule has 1 aliphatic carbocycles. The van der Waals surface area contributed by atoms with Crippen molar-refractivity contribution in [1.82, 2.24) is 4.98 Å². The fourth-order valence-electron chi connectivity index (χ4n) is 2.98. The second-order valence-corrected chi connectivity index (χ2v) is 6.46. The summed E-state index contributed by atoms with van der Waals surface area (Å²) in [6.07, 6.45) is 7.01. The van der Waals surface area contributed by atoms with Gasteiger partial charge in [0.15, 0.2) is 0 Å². The molecule has 0 spiro atoms. The average molecular weight is 254 g/mol. The number of nitrogens with zero attached hydrogens (tertiary/aromatic N) is 1. The van der Waals surface area contributed by atoms with E-state index >= 15 is 0 Å². The van der Waals surface area contributed by atoms with E-state index < -0.39 is 0 Å². The molecule has 2 heteroatoms. The van der Waals surface area contributed by atoms with Crippen LogP contribution in [-0.2, 0) is 0 Å². The molecule has 1 heterocycles. The number of anilines is 1. The highest BCUT2D eigenvalue weighted by Crippen LogP contribution is 2.36. The monoisotopic (exact) mass is 254 g/mol. The van der Waals surface area contributed by atoms with Crippen molar-refractivity contribution in [3.05, 3.63) is 36.5 Å². The normalized spacial score (nSPS) is 19.5. The molecule has 0 radical (unpaired) electrons. The second kappa shape index (κ2) is 4.84. The lowest BCUT2D eigenvalue weighted by atomic mass is 9.75. The zero-order chi connectivity index (χ0) is 13.3. The third kappa shape index (κ3) is 2.73. The predicted molar refractivity (Wildman–Crippen MR) is 81.4 cm³/mol. The molecular weight excluding hydrogens is 232 g/mol. The first-order valence-corrected chi connectivity index (χ1v) is 7.24. The van der Waals surface area contributed by atoms with E-state index in [1.54, 1.807) is 0 Å². The zero-order valence-corrected chi connectivity index (χ0v) is 11.8. The first kappa shape index (κ1) is 12.5. The van der Waals surface area contributed by atoms with Crippen molar-refractivity contribution in [2.45, 2.75) is 45.6 Å². The molecule has 100 valence electrons. The molecular formula is C17H22N2. The quantitative estimate of drug-likeness (QED) is 0.846. The van der Waals surface area contributed by atoms with Gasteiger partial charge < -0.3 is 5.32 Å². The van der Waals surface area contributed by atoms with Crippen LogP contribution in [0.5, 0.6) is 0 Å². The van der Waals surface area contributed by atoms with Gasteiger partial charge in [0.25, 0.3) is 0 Å². The topological polar surface area (TPSA) is 24.9 Å². The summed E-state index contributed by atoms with van der Waals surface area (Å²) < 4.78 is 0. The van der Waals surface area contributed by atoms with Crippen molar-refractivity contribution in [3.8, 4) is 0 Å². The Balaban J connectivity index is 1.79. The van der Waals surface area contributed by atoms with E-state index in [0.717, 1.165) is 5.52 Å². The lowest BCUT2D eigenvalue weighted by Gasteiger charge is -2.35. The van der Waals surface area contributed by atoms with E-state index in [0.29, 0.717) is 11.5 Å². The lowest BCUT2D eigenvalue weighted by Crippen LogP contribution is -2.29. The highest BCUT2D eigenvalue weighted by molar-refractivity contribution is 5.90.